The number of anilines is 1. The average Bonchev–Trinajstić information content (AvgIpc) is 2.28. The van der Waals surface area contributed by atoms with Crippen molar-refractivity contribution in [3.63, 3.8) is 0 Å². The fraction of sp³-hybridized carbons (Fsp3) is 0.133. The van der Waals surface area contributed by atoms with Gasteiger partial charge in [-0.25, -0.2) is 4.39 Å². The van der Waals surface area contributed by atoms with E-state index >= 15 is 0 Å². The minimum Gasteiger partial charge on any atom is -0.399 e. The van der Waals surface area contributed by atoms with Crippen molar-refractivity contribution in [3.8, 4) is 0 Å². The van der Waals surface area contributed by atoms with Gasteiger partial charge in [-0.05, 0) is 48.4 Å². The number of nitrogens with two attached hydrogens (primary N) is 1. The van der Waals surface area contributed by atoms with E-state index in [2.05, 4.69) is 0 Å². The Morgan fingerprint density at radius 3 is 2.67 bits per heavy atom. The number of nitrogen functional groups attached to an aromatic ring is 1. The van der Waals surface area contributed by atoms with Crippen molar-refractivity contribution in [2.75, 3.05) is 5.73 Å². The summed E-state index contributed by atoms with van der Waals surface area (Å²) in [7, 11) is 0. The maximum Gasteiger partial charge on any atom is 0.167 e. The Labute approximate surface area is 105 Å². The summed E-state index contributed by atoms with van der Waals surface area (Å²) in [5.41, 5.74) is 8.37. The van der Waals surface area contributed by atoms with Gasteiger partial charge in [0, 0.05) is 17.7 Å². The van der Waals surface area contributed by atoms with E-state index in [9.17, 15) is 9.18 Å². The van der Waals surface area contributed by atoms with Crippen molar-refractivity contribution >= 4 is 11.5 Å². The van der Waals surface area contributed by atoms with E-state index in [1.807, 2.05) is 12.1 Å². The van der Waals surface area contributed by atoms with E-state index in [1.54, 1.807) is 19.1 Å². The molecule has 0 aliphatic heterocycles. The van der Waals surface area contributed by atoms with Gasteiger partial charge < -0.3 is 5.73 Å². The monoisotopic (exact) mass is 243 g/mol. The first-order valence-electron chi connectivity index (χ1n) is 5.70. The van der Waals surface area contributed by atoms with Crippen molar-refractivity contribution in [1.82, 2.24) is 0 Å². The molecule has 0 atom stereocenters. The molecule has 0 aliphatic carbocycles. The molecule has 0 radical (unpaired) electrons. The molecule has 0 fully saturated rings. The molecule has 0 spiro atoms. The molecule has 2 rings (SSSR count). The van der Waals surface area contributed by atoms with Gasteiger partial charge in [0.2, 0.25) is 0 Å². The van der Waals surface area contributed by atoms with E-state index in [0.29, 0.717) is 16.8 Å². The molecule has 2 aromatic rings. The predicted octanol–water partition coefficient (Wildman–Crippen LogP) is 3.14. The lowest BCUT2D eigenvalue weighted by atomic mass is 9.99. The zero-order valence-corrected chi connectivity index (χ0v) is 10.1. The summed E-state index contributed by atoms with van der Waals surface area (Å²) in [6.45, 7) is 1.73. The molecule has 0 saturated carbocycles. The molecule has 2 N–H and O–H groups in total. The molecule has 0 aromatic heterocycles. The number of hydrogen-bond acceptors (Lipinski definition) is 2. The molecule has 0 saturated heterocycles. The highest BCUT2D eigenvalue weighted by atomic mass is 19.1. The summed E-state index contributed by atoms with van der Waals surface area (Å²) in [5.74, 6) is -0.355. The van der Waals surface area contributed by atoms with Crippen LogP contribution in [0.1, 0.15) is 21.5 Å². The second kappa shape index (κ2) is 5.00. The van der Waals surface area contributed by atoms with Gasteiger partial charge in [0.15, 0.2) is 5.78 Å². The zero-order valence-electron chi connectivity index (χ0n) is 10.1. The Morgan fingerprint density at radius 2 is 2.00 bits per heavy atom. The van der Waals surface area contributed by atoms with Crippen LogP contribution in [0.5, 0.6) is 0 Å². The van der Waals surface area contributed by atoms with Crippen LogP contribution in [0.2, 0.25) is 0 Å². The van der Waals surface area contributed by atoms with Gasteiger partial charge in [-0.2, -0.15) is 0 Å². The number of hydrogen-bond donors (Lipinski definition) is 1. The number of benzene rings is 2. The standard InChI is InChI=1S/C15H14FNO/c1-10-7-12(16)5-6-14(10)15(18)9-11-3-2-4-13(17)8-11/h2-8H,9,17H2,1H3. The Bertz CT molecular complexity index is 593. The average molecular weight is 243 g/mol. The predicted molar refractivity (Wildman–Crippen MR) is 70.0 cm³/mol. The van der Waals surface area contributed by atoms with Gasteiger partial charge in [0.05, 0.1) is 0 Å². The smallest absolute Gasteiger partial charge is 0.167 e. The molecule has 3 heteroatoms. The molecule has 2 aromatic carbocycles. The van der Waals surface area contributed by atoms with Crippen LogP contribution in [0, 0.1) is 12.7 Å². The van der Waals surface area contributed by atoms with Gasteiger partial charge >= 0.3 is 0 Å². The third-order valence-corrected chi connectivity index (χ3v) is 2.80. The number of Topliss-reactive ketones (excluding diaryl/α,β-unsaturated/α-hetero) is 1. The molecule has 0 aliphatic rings. The summed E-state index contributed by atoms with van der Waals surface area (Å²) in [6, 6.07) is 11.4. The SMILES string of the molecule is Cc1cc(F)ccc1C(=O)Cc1cccc(N)c1. The maximum absolute atomic E-state index is 13.0. The van der Waals surface area contributed by atoms with Crippen LogP contribution in [-0.2, 0) is 6.42 Å². The summed E-state index contributed by atoms with van der Waals surface area (Å²) in [5, 5.41) is 0. The number of carbonyl (C=O) groups excluding carboxylic acids is 1. The number of ketones is 1. The van der Waals surface area contributed by atoms with Crippen molar-refractivity contribution in [2.45, 2.75) is 13.3 Å². The number of halogens is 1. The Kier molecular flexibility index (Phi) is 3.42. The molecule has 92 valence electrons. The van der Waals surface area contributed by atoms with Gasteiger partial charge in [-0.15, -0.1) is 0 Å². The molecule has 18 heavy (non-hydrogen) atoms. The normalized spacial score (nSPS) is 10.3. The summed E-state index contributed by atoms with van der Waals surface area (Å²) >= 11 is 0. The molecule has 0 bridgehead atoms. The lowest BCUT2D eigenvalue weighted by Gasteiger charge is -2.06. The van der Waals surface area contributed by atoms with Crippen molar-refractivity contribution in [3.05, 3.63) is 65.0 Å². The lowest BCUT2D eigenvalue weighted by Crippen LogP contribution is -2.06. The van der Waals surface area contributed by atoms with Crippen LogP contribution in [0.3, 0.4) is 0 Å². The van der Waals surface area contributed by atoms with E-state index in [-0.39, 0.29) is 18.0 Å². The molecule has 0 unspecified atom stereocenters. The van der Waals surface area contributed by atoms with Crippen LogP contribution in [-0.4, -0.2) is 5.78 Å². The topological polar surface area (TPSA) is 43.1 Å². The zero-order chi connectivity index (χ0) is 13.1. The Morgan fingerprint density at radius 1 is 1.22 bits per heavy atom. The van der Waals surface area contributed by atoms with Crippen LogP contribution >= 0.6 is 0 Å². The van der Waals surface area contributed by atoms with Gasteiger partial charge in [-0.3, -0.25) is 4.79 Å². The van der Waals surface area contributed by atoms with Crippen LogP contribution < -0.4 is 5.73 Å². The van der Waals surface area contributed by atoms with Crippen LogP contribution in [0.25, 0.3) is 0 Å². The Balaban J connectivity index is 2.22. The first-order valence-corrected chi connectivity index (χ1v) is 5.70. The summed E-state index contributed by atoms with van der Waals surface area (Å²) in [4.78, 5) is 12.1. The molecule has 0 amide bonds. The summed E-state index contributed by atoms with van der Waals surface area (Å²) < 4.78 is 13.0. The highest BCUT2D eigenvalue weighted by molar-refractivity contribution is 5.98. The molecular formula is C15H14FNO. The van der Waals surface area contributed by atoms with Crippen molar-refractivity contribution in [2.24, 2.45) is 0 Å². The first-order chi connectivity index (χ1) is 8.56. The van der Waals surface area contributed by atoms with Crippen LogP contribution in [0.15, 0.2) is 42.5 Å². The number of carbonyl (C=O) groups is 1. The van der Waals surface area contributed by atoms with Crippen molar-refractivity contribution in [1.29, 1.82) is 0 Å². The second-order valence-corrected chi connectivity index (χ2v) is 4.30. The summed E-state index contributed by atoms with van der Waals surface area (Å²) in [6.07, 6.45) is 0.275. The van der Waals surface area contributed by atoms with Gasteiger partial charge in [0.1, 0.15) is 5.82 Å². The lowest BCUT2D eigenvalue weighted by molar-refractivity contribution is 0.0992. The van der Waals surface area contributed by atoms with E-state index in [0.717, 1.165) is 5.56 Å². The van der Waals surface area contributed by atoms with E-state index < -0.39 is 0 Å². The minimum absolute atomic E-state index is 0.0295. The van der Waals surface area contributed by atoms with E-state index in [4.69, 9.17) is 5.73 Å². The third-order valence-electron chi connectivity index (χ3n) is 2.80. The molecule has 0 heterocycles. The van der Waals surface area contributed by atoms with Crippen molar-refractivity contribution < 1.29 is 9.18 Å². The largest absolute Gasteiger partial charge is 0.399 e. The highest BCUT2D eigenvalue weighted by Gasteiger charge is 2.10. The molecule has 2 nitrogen and oxygen atoms in total. The maximum atomic E-state index is 13.0. The van der Waals surface area contributed by atoms with Gasteiger partial charge in [0.25, 0.3) is 0 Å². The second-order valence-electron chi connectivity index (χ2n) is 4.30. The van der Waals surface area contributed by atoms with Gasteiger partial charge in [-0.1, -0.05) is 12.1 Å². The number of aryl methyl sites for hydroxylation is 1. The fourth-order valence-electron chi connectivity index (χ4n) is 1.92. The van der Waals surface area contributed by atoms with E-state index in [1.165, 1.54) is 18.2 Å². The third kappa shape index (κ3) is 2.74. The fourth-order valence-corrected chi connectivity index (χ4v) is 1.92. The molecular weight excluding hydrogens is 229 g/mol. The van der Waals surface area contributed by atoms with Crippen LogP contribution in [0.4, 0.5) is 10.1 Å². The highest BCUT2D eigenvalue weighted by Crippen LogP contribution is 2.15. The Hall–Kier alpha value is -2.16. The minimum atomic E-state index is -0.326. The first kappa shape index (κ1) is 12.3. The quantitative estimate of drug-likeness (QED) is 0.664. The number of rotatable bonds is 3.